The van der Waals surface area contributed by atoms with Crippen molar-refractivity contribution in [3.63, 3.8) is 0 Å². The average molecular weight is 247 g/mol. The van der Waals surface area contributed by atoms with Gasteiger partial charge in [-0.25, -0.2) is 0 Å². The average Bonchev–Trinajstić information content (AvgIpc) is 2.27. The Balaban J connectivity index is 2.50. The van der Waals surface area contributed by atoms with E-state index in [-0.39, 0.29) is 17.4 Å². The molecular weight excluding hydrogens is 222 g/mol. The Morgan fingerprint density at radius 1 is 1.22 bits per heavy atom. The fourth-order valence-electron chi connectivity index (χ4n) is 1.96. The molecule has 2 heteroatoms. The number of rotatable bonds is 5. The van der Waals surface area contributed by atoms with Gasteiger partial charge in [0.25, 0.3) is 0 Å². The third kappa shape index (κ3) is 5.85. The summed E-state index contributed by atoms with van der Waals surface area (Å²) in [5, 5.41) is 3.13. The highest BCUT2D eigenvalue weighted by atomic mass is 16.1. The van der Waals surface area contributed by atoms with Crippen LogP contribution in [0.25, 0.3) is 0 Å². The second-order valence-electron chi connectivity index (χ2n) is 6.10. The summed E-state index contributed by atoms with van der Waals surface area (Å²) in [7, 11) is 0. The van der Waals surface area contributed by atoms with Gasteiger partial charge in [0.1, 0.15) is 0 Å². The standard InChI is InChI=1S/C16H25NO/c1-5-14(11-13-9-7-6-8-10-13)17-15(18)12-16(2,3)4/h6-10,14H,5,11-12H2,1-4H3,(H,17,18)/t14-/m0/s1. The van der Waals surface area contributed by atoms with Crippen LogP contribution in [0.1, 0.15) is 46.1 Å². The van der Waals surface area contributed by atoms with Crippen molar-refractivity contribution in [2.24, 2.45) is 5.41 Å². The zero-order chi connectivity index (χ0) is 13.6. The van der Waals surface area contributed by atoms with E-state index in [2.05, 4.69) is 45.1 Å². The summed E-state index contributed by atoms with van der Waals surface area (Å²) in [6, 6.07) is 10.6. The number of hydrogen-bond acceptors (Lipinski definition) is 1. The van der Waals surface area contributed by atoms with Crippen LogP contribution in [0.15, 0.2) is 30.3 Å². The lowest BCUT2D eigenvalue weighted by Crippen LogP contribution is -2.37. The first-order valence-electron chi connectivity index (χ1n) is 6.74. The van der Waals surface area contributed by atoms with Crippen molar-refractivity contribution < 1.29 is 4.79 Å². The molecule has 1 aromatic carbocycles. The molecule has 0 radical (unpaired) electrons. The summed E-state index contributed by atoms with van der Waals surface area (Å²) in [5.41, 5.74) is 1.33. The normalized spacial score (nSPS) is 13.1. The molecule has 0 fully saturated rings. The molecule has 18 heavy (non-hydrogen) atoms. The van der Waals surface area contributed by atoms with Gasteiger partial charge in [-0.05, 0) is 23.8 Å². The maximum atomic E-state index is 11.9. The molecule has 0 aliphatic rings. The highest BCUT2D eigenvalue weighted by molar-refractivity contribution is 5.76. The number of hydrogen-bond donors (Lipinski definition) is 1. The lowest BCUT2D eigenvalue weighted by Gasteiger charge is -2.21. The third-order valence-electron chi connectivity index (χ3n) is 2.87. The van der Waals surface area contributed by atoms with E-state index in [1.165, 1.54) is 5.56 Å². The van der Waals surface area contributed by atoms with Crippen LogP contribution in [-0.4, -0.2) is 11.9 Å². The fourth-order valence-corrected chi connectivity index (χ4v) is 1.96. The van der Waals surface area contributed by atoms with Crippen molar-refractivity contribution in [1.82, 2.24) is 5.32 Å². The quantitative estimate of drug-likeness (QED) is 0.847. The van der Waals surface area contributed by atoms with Gasteiger partial charge in [-0.3, -0.25) is 4.79 Å². The molecule has 0 heterocycles. The second-order valence-corrected chi connectivity index (χ2v) is 6.10. The molecule has 0 aliphatic carbocycles. The Hall–Kier alpha value is -1.31. The summed E-state index contributed by atoms with van der Waals surface area (Å²) < 4.78 is 0. The van der Waals surface area contributed by atoms with E-state index in [0.29, 0.717) is 6.42 Å². The van der Waals surface area contributed by atoms with Crippen molar-refractivity contribution >= 4 is 5.91 Å². The van der Waals surface area contributed by atoms with Crippen molar-refractivity contribution in [2.75, 3.05) is 0 Å². The van der Waals surface area contributed by atoms with Crippen LogP contribution in [0.2, 0.25) is 0 Å². The van der Waals surface area contributed by atoms with Crippen LogP contribution in [0.5, 0.6) is 0 Å². The Bertz CT molecular complexity index is 364. The Labute approximate surface area is 111 Å². The Kier molecular flexibility index (Phi) is 5.39. The molecule has 0 aliphatic heterocycles. The zero-order valence-electron chi connectivity index (χ0n) is 12.0. The molecule has 0 unspecified atom stereocenters. The molecule has 0 aromatic heterocycles. The number of carbonyl (C=O) groups excluding carboxylic acids is 1. The number of nitrogens with one attached hydrogen (secondary N) is 1. The highest BCUT2D eigenvalue weighted by Gasteiger charge is 2.18. The van der Waals surface area contributed by atoms with Gasteiger partial charge in [-0.15, -0.1) is 0 Å². The van der Waals surface area contributed by atoms with E-state index in [9.17, 15) is 4.79 Å². The molecule has 1 rings (SSSR count). The highest BCUT2D eigenvalue weighted by Crippen LogP contribution is 2.18. The maximum Gasteiger partial charge on any atom is 0.220 e. The SMILES string of the molecule is CC[C@@H](Cc1ccccc1)NC(=O)CC(C)(C)C. The molecule has 0 bridgehead atoms. The van der Waals surface area contributed by atoms with Gasteiger partial charge in [-0.1, -0.05) is 58.0 Å². The van der Waals surface area contributed by atoms with Gasteiger partial charge in [0.05, 0.1) is 0 Å². The summed E-state index contributed by atoms with van der Waals surface area (Å²) in [6.07, 6.45) is 2.45. The fraction of sp³-hybridized carbons (Fsp3) is 0.562. The van der Waals surface area contributed by atoms with Crippen LogP contribution in [0.3, 0.4) is 0 Å². The molecule has 0 saturated carbocycles. The van der Waals surface area contributed by atoms with Gasteiger partial charge < -0.3 is 5.32 Å². The van der Waals surface area contributed by atoms with Crippen molar-refractivity contribution in [1.29, 1.82) is 0 Å². The monoisotopic (exact) mass is 247 g/mol. The third-order valence-corrected chi connectivity index (χ3v) is 2.87. The molecule has 1 N–H and O–H groups in total. The largest absolute Gasteiger partial charge is 0.353 e. The predicted molar refractivity (Wildman–Crippen MR) is 76.4 cm³/mol. The number of carbonyl (C=O) groups is 1. The minimum Gasteiger partial charge on any atom is -0.353 e. The summed E-state index contributed by atoms with van der Waals surface area (Å²) >= 11 is 0. The first-order valence-corrected chi connectivity index (χ1v) is 6.74. The van der Waals surface area contributed by atoms with E-state index in [0.717, 1.165) is 12.8 Å². The van der Waals surface area contributed by atoms with Crippen LogP contribution in [-0.2, 0) is 11.2 Å². The van der Waals surface area contributed by atoms with Gasteiger partial charge in [0.15, 0.2) is 0 Å². The van der Waals surface area contributed by atoms with Crippen LogP contribution < -0.4 is 5.32 Å². The number of amides is 1. The van der Waals surface area contributed by atoms with Gasteiger partial charge in [0.2, 0.25) is 5.91 Å². The molecule has 1 atom stereocenters. The van der Waals surface area contributed by atoms with E-state index in [1.54, 1.807) is 0 Å². The molecule has 0 spiro atoms. The first kappa shape index (κ1) is 14.7. The molecule has 1 amide bonds. The molecule has 0 saturated heterocycles. The Morgan fingerprint density at radius 3 is 2.33 bits per heavy atom. The van der Waals surface area contributed by atoms with Crippen molar-refractivity contribution in [2.45, 2.75) is 53.0 Å². The summed E-state index contributed by atoms with van der Waals surface area (Å²) in [4.78, 5) is 11.9. The molecular formula is C16H25NO. The van der Waals surface area contributed by atoms with E-state index in [4.69, 9.17) is 0 Å². The predicted octanol–water partition coefficient (Wildman–Crippen LogP) is 3.56. The number of benzene rings is 1. The van der Waals surface area contributed by atoms with Gasteiger partial charge in [-0.2, -0.15) is 0 Å². The molecule has 100 valence electrons. The maximum absolute atomic E-state index is 11.9. The summed E-state index contributed by atoms with van der Waals surface area (Å²) in [5.74, 6) is 0.158. The lowest BCUT2D eigenvalue weighted by molar-refractivity contribution is -0.123. The minimum absolute atomic E-state index is 0.0507. The zero-order valence-corrected chi connectivity index (χ0v) is 12.0. The lowest BCUT2D eigenvalue weighted by atomic mass is 9.91. The van der Waals surface area contributed by atoms with Crippen LogP contribution in [0.4, 0.5) is 0 Å². The van der Waals surface area contributed by atoms with Crippen LogP contribution in [0, 0.1) is 5.41 Å². The van der Waals surface area contributed by atoms with E-state index >= 15 is 0 Å². The second kappa shape index (κ2) is 6.58. The van der Waals surface area contributed by atoms with Gasteiger partial charge in [0, 0.05) is 12.5 Å². The first-order chi connectivity index (χ1) is 8.40. The van der Waals surface area contributed by atoms with Crippen molar-refractivity contribution in [3.8, 4) is 0 Å². The van der Waals surface area contributed by atoms with E-state index < -0.39 is 0 Å². The topological polar surface area (TPSA) is 29.1 Å². The summed E-state index contributed by atoms with van der Waals surface area (Å²) in [6.45, 7) is 8.38. The van der Waals surface area contributed by atoms with Gasteiger partial charge >= 0.3 is 0 Å². The molecule has 1 aromatic rings. The smallest absolute Gasteiger partial charge is 0.220 e. The van der Waals surface area contributed by atoms with Crippen molar-refractivity contribution in [3.05, 3.63) is 35.9 Å². The van der Waals surface area contributed by atoms with E-state index in [1.807, 2.05) is 18.2 Å². The Morgan fingerprint density at radius 2 is 1.83 bits per heavy atom. The minimum atomic E-state index is 0.0507. The molecule has 2 nitrogen and oxygen atoms in total. The van der Waals surface area contributed by atoms with Crippen LogP contribution >= 0.6 is 0 Å².